The number of allylic oxidation sites excluding steroid dienone is 1. The third-order valence-corrected chi connectivity index (χ3v) is 4.49. The molecule has 0 rings (SSSR count). The van der Waals surface area contributed by atoms with Gasteiger partial charge in [-0.1, -0.05) is 6.08 Å². The number of amides is 1. The second-order valence-electron chi connectivity index (χ2n) is 2.90. The van der Waals surface area contributed by atoms with Crippen LogP contribution in [0.2, 0.25) is 0 Å². The molecule has 1 amide bonds. The molecule has 0 heterocycles. The quantitative estimate of drug-likeness (QED) is 0.489. The fraction of sp³-hybridized carbons (Fsp3) is 0.667. The van der Waals surface area contributed by atoms with E-state index in [2.05, 4.69) is 11.9 Å². The summed E-state index contributed by atoms with van der Waals surface area (Å²) in [5.74, 6) is -0.0575. The van der Waals surface area contributed by atoms with Gasteiger partial charge in [-0.25, -0.2) is 0 Å². The van der Waals surface area contributed by atoms with Crippen molar-refractivity contribution in [3.63, 3.8) is 0 Å². The van der Waals surface area contributed by atoms with E-state index in [-0.39, 0.29) is 12.1 Å². The highest BCUT2D eigenvalue weighted by molar-refractivity contribution is 6.61. The van der Waals surface area contributed by atoms with Gasteiger partial charge in [0, 0.05) is 27.8 Å². The van der Waals surface area contributed by atoms with Crippen LogP contribution >= 0.6 is 0 Å². The summed E-state index contributed by atoms with van der Waals surface area (Å²) in [6.07, 6.45) is 3.07. The number of carbonyl (C=O) groups is 1. The largest absolute Gasteiger partial charge is 0.520 e. The monoisotopic (exact) mass is 233 g/mol. The molecule has 0 unspecified atom stereocenters. The molecule has 15 heavy (non-hydrogen) atoms. The summed E-state index contributed by atoms with van der Waals surface area (Å²) < 4.78 is 15.5. The normalized spacial score (nSPS) is 11.1. The van der Waals surface area contributed by atoms with Crippen LogP contribution in [0, 0.1) is 0 Å². The SMILES string of the molecule is C=CCCC(=O)NC[Si](OC)(OC)OC. The lowest BCUT2D eigenvalue weighted by molar-refractivity contribution is -0.121. The predicted molar refractivity (Wildman–Crippen MR) is 59.2 cm³/mol. The van der Waals surface area contributed by atoms with Crippen molar-refractivity contribution in [3.8, 4) is 0 Å². The zero-order valence-electron chi connectivity index (χ0n) is 9.54. The molecule has 0 aromatic heterocycles. The lowest BCUT2D eigenvalue weighted by Gasteiger charge is -2.24. The number of carbonyl (C=O) groups excluding carboxylic acids is 1. The van der Waals surface area contributed by atoms with Crippen LogP contribution in [0.4, 0.5) is 0 Å². The van der Waals surface area contributed by atoms with Crippen molar-refractivity contribution in [1.29, 1.82) is 0 Å². The predicted octanol–water partition coefficient (Wildman–Crippen LogP) is 0.486. The minimum atomic E-state index is -2.68. The summed E-state index contributed by atoms with van der Waals surface area (Å²) in [5, 5.41) is 2.71. The molecule has 0 aliphatic rings. The van der Waals surface area contributed by atoms with Gasteiger partial charge in [0.25, 0.3) is 0 Å². The third-order valence-electron chi connectivity index (χ3n) is 2.01. The molecule has 88 valence electrons. The first kappa shape index (κ1) is 14.3. The molecule has 0 atom stereocenters. The van der Waals surface area contributed by atoms with Gasteiger partial charge in [-0.2, -0.15) is 0 Å². The first-order valence-corrected chi connectivity index (χ1v) is 6.60. The molecule has 0 aromatic carbocycles. The third kappa shape index (κ3) is 5.08. The fourth-order valence-electron chi connectivity index (χ4n) is 0.995. The highest BCUT2D eigenvalue weighted by Gasteiger charge is 2.38. The van der Waals surface area contributed by atoms with Crippen LogP contribution in [0.3, 0.4) is 0 Å². The number of hydrogen-bond acceptors (Lipinski definition) is 4. The molecule has 5 nitrogen and oxygen atoms in total. The second-order valence-corrected chi connectivity index (χ2v) is 5.84. The summed E-state index contributed by atoms with van der Waals surface area (Å²) in [4.78, 5) is 11.3. The van der Waals surface area contributed by atoms with E-state index < -0.39 is 8.80 Å². The van der Waals surface area contributed by atoms with Crippen molar-refractivity contribution in [2.45, 2.75) is 12.8 Å². The van der Waals surface area contributed by atoms with E-state index >= 15 is 0 Å². The van der Waals surface area contributed by atoms with Crippen molar-refractivity contribution < 1.29 is 18.1 Å². The topological polar surface area (TPSA) is 56.8 Å². The maximum atomic E-state index is 11.3. The van der Waals surface area contributed by atoms with Crippen LogP contribution in [0.15, 0.2) is 12.7 Å². The Hall–Kier alpha value is -0.693. The smallest absolute Gasteiger partial charge is 0.376 e. The Morgan fingerprint density at radius 1 is 1.33 bits per heavy atom. The van der Waals surface area contributed by atoms with E-state index in [4.69, 9.17) is 13.3 Å². The Kier molecular flexibility index (Phi) is 7.23. The van der Waals surface area contributed by atoms with E-state index in [1.54, 1.807) is 6.08 Å². The van der Waals surface area contributed by atoms with Crippen LogP contribution in [-0.4, -0.2) is 42.2 Å². The van der Waals surface area contributed by atoms with E-state index in [0.29, 0.717) is 12.8 Å². The lowest BCUT2D eigenvalue weighted by Crippen LogP contribution is -2.53. The van der Waals surface area contributed by atoms with Gasteiger partial charge in [0.1, 0.15) is 0 Å². The minimum absolute atomic E-state index is 0.0575. The van der Waals surface area contributed by atoms with Gasteiger partial charge in [-0.05, 0) is 6.42 Å². The summed E-state index contributed by atoms with van der Waals surface area (Å²) in [7, 11) is 1.85. The average molecular weight is 233 g/mol. The average Bonchev–Trinajstić information content (AvgIpc) is 2.29. The van der Waals surface area contributed by atoms with E-state index in [1.807, 2.05) is 0 Å². The van der Waals surface area contributed by atoms with Gasteiger partial charge in [0.15, 0.2) is 0 Å². The Bertz CT molecular complexity index is 198. The van der Waals surface area contributed by atoms with Crippen molar-refractivity contribution in [3.05, 3.63) is 12.7 Å². The molecular weight excluding hydrogens is 214 g/mol. The van der Waals surface area contributed by atoms with Crippen LogP contribution in [0.1, 0.15) is 12.8 Å². The summed E-state index contributed by atoms with van der Waals surface area (Å²) >= 11 is 0. The van der Waals surface area contributed by atoms with Crippen molar-refractivity contribution in [2.75, 3.05) is 27.5 Å². The van der Waals surface area contributed by atoms with Gasteiger partial charge in [-0.3, -0.25) is 4.79 Å². The maximum absolute atomic E-state index is 11.3. The number of hydrogen-bond donors (Lipinski definition) is 1. The Labute approximate surface area is 91.8 Å². The lowest BCUT2D eigenvalue weighted by atomic mass is 10.3. The molecule has 1 N–H and O–H groups in total. The molecule has 0 spiro atoms. The Morgan fingerprint density at radius 3 is 2.27 bits per heavy atom. The number of nitrogens with one attached hydrogen (secondary N) is 1. The number of rotatable bonds is 8. The van der Waals surface area contributed by atoms with E-state index in [9.17, 15) is 4.79 Å². The van der Waals surface area contributed by atoms with Crippen LogP contribution in [-0.2, 0) is 18.1 Å². The summed E-state index contributed by atoms with van der Waals surface area (Å²) in [6.45, 7) is 3.54. The van der Waals surface area contributed by atoms with Gasteiger partial charge >= 0.3 is 8.80 Å². The first-order chi connectivity index (χ1) is 7.14. The van der Waals surface area contributed by atoms with Crippen molar-refractivity contribution >= 4 is 14.7 Å². The molecule has 0 aliphatic carbocycles. The van der Waals surface area contributed by atoms with Gasteiger partial charge < -0.3 is 18.6 Å². The maximum Gasteiger partial charge on any atom is 0.520 e. The highest BCUT2D eigenvalue weighted by Crippen LogP contribution is 2.04. The van der Waals surface area contributed by atoms with Crippen LogP contribution in [0.5, 0.6) is 0 Å². The molecule has 0 bridgehead atoms. The van der Waals surface area contributed by atoms with Gasteiger partial charge in [0.2, 0.25) is 5.91 Å². The summed E-state index contributed by atoms with van der Waals surface area (Å²) in [6, 6.07) is 0. The fourth-order valence-corrected chi connectivity index (χ4v) is 2.34. The molecule has 0 aromatic rings. The Morgan fingerprint density at radius 2 is 1.87 bits per heavy atom. The molecule has 0 saturated heterocycles. The molecule has 0 saturated carbocycles. The highest BCUT2D eigenvalue weighted by atomic mass is 28.4. The molecule has 0 aliphatic heterocycles. The molecule has 0 fully saturated rings. The first-order valence-electron chi connectivity index (χ1n) is 4.67. The summed E-state index contributed by atoms with van der Waals surface area (Å²) in [5.41, 5.74) is 0. The van der Waals surface area contributed by atoms with Crippen LogP contribution in [0.25, 0.3) is 0 Å². The molecule has 0 radical (unpaired) electrons. The standard InChI is InChI=1S/C9H19NO4Si/c1-5-6-7-9(11)10-8-15(12-2,13-3)14-4/h5H,1,6-8H2,2-4H3,(H,10,11). The zero-order valence-corrected chi connectivity index (χ0v) is 10.5. The molecular formula is C9H19NO4Si. The minimum Gasteiger partial charge on any atom is -0.376 e. The van der Waals surface area contributed by atoms with Gasteiger partial charge in [-0.15, -0.1) is 6.58 Å². The molecule has 6 heteroatoms. The van der Waals surface area contributed by atoms with Crippen molar-refractivity contribution in [1.82, 2.24) is 5.32 Å². The second kappa shape index (κ2) is 7.58. The van der Waals surface area contributed by atoms with E-state index in [0.717, 1.165) is 0 Å². The van der Waals surface area contributed by atoms with Crippen LogP contribution < -0.4 is 5.32 Å². The van der Waals surface area contributed by atoms with Crippen molar-refractivity contribution in [2.24, 2.45) is 0 Å². The van der Waals surface area contributed by atoms with E-state index in [1.165, 1.54) is 21.3 Å². The zero-order chi connectivity index (χ0) is 11.7. The van der Waals surface area contributed by atoms with Gasteiger partial charge in [0.05, 0.1) is 6.17 Å². The Balaban J connectivity index is 3.98.